The van der Waals surface area contributed by atoms with Gasteiger partial charge in [0, 0.05) is 31.5 Å². The fourth-order valence-electron chi connectivity index (χ4n) is 1.53. The number of hydrogen-bond acceptors (Lipinski definition) is 5. The first-order valence-corrected chi connectivity index (χ1v) is 5.97. The molecule has 0 atom stereocenters. The van der Waals surface area contributed by atoms with Gasteiger partial charge in [0.25, 0.3) is 0 Å². The van der Waals surface area contributed by atoms with Crippen molar-refractivity contribution in [2.75, 3.05) is 17.6 Å². The topological polar surface area (TPSA) is 68.8 Å². The molecule has 0 aliphatic heterocycles. The van der Waals surface area contributed by atoms with Crippen molar-refractivity contribution >= 4 is 22.3 Å². The monoisotopic (exact) mass is 237 g/mol. The molecule has 2 rings (SSSR count). The summed E-state index contributed by atoms with van der Waals surface area (Å²) in [6.45, 7) is 2.81. The summed E-state index contributed by atoms with van der Waals surface area (Å²) in [7, 11) is 1.93. The Morgan fingerprint density at radius 1 is 1.56 bits per heavy atom. The van der Waals surface area contributed by atoms with E-state index in [0.29, 0.717) is 5.13 Å². The van der Waals surface area contributed by atoms with Gasteiger partial charge in [0.15, 0.2) is 5.13 Å². The summed E-state index contributed by atoms with van der Waals surface area (Å²) in [6, 6.07) is 2.02. The summed E-state index contributed by atoms with van der Waals surface area (Å²) in [5.74, 6) is 1.03. The van der Waals surface area contributed by atoms with E-state index in [1.807, 2.05) is 30.1 Å². The maximum atomic E-state index is 5.56. The molecule has 0 amide bonds. The molecule has 3 N–H and O–H groups in total. The quantitative estimate of drug-likeness (QED) is 0.844. The second-order valence-corrected chi connectivity index (χ2v) is 4.54. The highest BCUT2D eigenvalue weighted by molar-refractivity contribution is 7.13. The predicted molar refractivity (Wildman–Crippen MR) is 66.7 cm³/mol. The van der Waals surface area contributed by atoms with E-state index in [9.17, 15) is 0 Å². The average molecular weight is 237 g/mol. The van der Waals surface area contributed by atoms with E-state index in [0.717, 1.165) is 30.2 Å². The van der Waals surface area contributed by atoms with Gasteiger partial charge in [-0.25, -0.2) is 4.98 Å². The summed E-state index contributed by atoms with van der Waals surface area (Å²) in [5, 5.41) is 10.2. The van der Waals surface area contributed by atoms with E-state index in [1.54, 1.807) is 0 Å². The zero-order chi connectivity index (χ0) is 11.5. The normalized spacial score (nSPS) is 10.6. The van der Waals surface area contributed by atoms with Gasteiger partial charge < -0.3 is 11.1 Å². The lowest BCUT2D eigenvalue weighted by Crippen LogP contribution is -2.08. The molecule has 2 aromatic heterocycles. The lowest BCUT2D eigenvalue weighted by Gasteiger charge is -2.04. The number of aromatic nitrogens is 3. The Bertz CT molecular complexity index is 473. The van der Waals surface area contributed by atoms with Gasteiger partial charge in [0.05, 0.1) is 11.4 Å². The predicted octanol–water partition coefficient (Wildman–Crippen LogP) is 1.42. The molecule has 0 aromatic carbocycles. The van der Waals surface area contributed by atoms with Crippen molar-refractivity contribution in [1.29, 1.82) is 0 Å². The Labute approximate surface area is 98.3 Å². The Kier molecular flexibility index (Phi) is 3.09. The molecular weight excluding hydrogens is 222 g/mol. The van der Waals surface area contributed by atoms with Gasteiger partial charge in [-0.15, -0.1) is 11.3 Å². The number of rotatable bonds is 4. The SMILES string of the molecule is Cc1cc(NCCc2csc(N)n2)n(C)n1. The van der Waals surface area contributed by atoms with Gasteiger partial charge in [0.2, 0.25) is 0 Å². The van der Waals surface area contributed by atoms with Gasteiger partial charge in [-0.1, -0.05) is 0 Å². The van der Waals surface area contributed by atoms with Gasteiger partial charge in [-0.05, 0) is 6.92 Å². The van der Waals surface area contributed by atoms with Crippen LogP contribution in [0.25, 0.3) is 0 Å². The molecule has 0 saturated heterocycles. The number of nitrogens with zero attached hydrogens (tertiary/aromatic N) is 3. The third kappa shape index (κ3) is 2.52. The van der Waals surface area contributed by atoms with Crippen LogP contribution in [-0.4, -0.2) is 21.3 Å². The number of nitrogens with two attached hydrogens (primary N) is 1. The molecule has 0 bridgehead atoms. The summed E-state index contributed by atoms with van der Waals surface area (Å²) in [4.78, 5) is 4.20. The Balaban J connectivity index is 1.86. The van der Waals surface area contributed by atoms with Crippen LogP contribution in [-0.2, 0) is 13.5 Å². The van der Waals surface area contributed by atoms with Gasteiger partial charge >= 0.3 is 0 Å². The minimum absolute atomic E-state index is 0.631. The van der Waals surface area contributed by atoms with E-state index >= 15 is 0 Å². The molecule has 0 aliphatic carbocycles. The zero-order valence-electron chi connectivity index (χ0n) is 9.40. The van der Waals surface area contributed by atoms with E-state index in [1.165, 1.54) is 11.3 Å². The third-order valence-electron chi connectivity index (χ3n) is 2.26. The van der Waals surface area contributed by atoms with Crippen LogP contribution < -0.4 is 11.1 Å². The number of nitrogens with one attached hydrogen (secondary N) is 1. The molecule has 0 spiro atoms. The standard InChI is InChI=1S/C10H15N5S/c1-7-5-9(15(2)14-7)12-4-3-8-6-16-10(11)13-8/h5-6,12H,3-4H2,1-2H3,(H2,11,13). The largest absolute Gasteiger partial charge is 0.375 e. The van der Waals surface area contributed by atoms with E-state index < -0.39 is 0 Å². The first-order valence-electron chi connectivity index (χ1n) is 5.09. The molecule has 0 radical (unpaired) electrons. The van der Waals surface area contributed by atoms with Crippen molar-refractivity contribution < 1.29 is 0 Å². The fourth-order valence-corrected chi connectivity index (χ4v) is 2.13. The first kappa shape index (κ1) is 10.9. The van der Waals surface area contributed by atoms with Crippen molar-refractivity contribution in [3.05, 3.63) is 22.8 Å². The summed E-state index contributed by atoms with van der Waals surface area (Å²) in [5.41, 5.74) is 7.61. The number of hydrogen-bond donors (Lipinski definition) is 2. The van der Waals surface area contributed by atoms with Crippen LogP contribution in [0.4, 0.5) is 10.9 Å². The lowest BCUT2D eigenvalue weighted by molar-refractivity contribution is 0.756. The molecule has 86 valence electrons. The average Bonchev–Trinajstić information content (AvgIpc) is 2.74. The summed E-state index contributed by atoms with van der Waals surface area (Å²) >= 11 is 1.48. The number of thiazole rings is 1. The molecule has 2 aromatic rings. The Hall–Kier alpha value is -1.56. The van der Waals surface area contributed by atoms with Crippen LogP contribution >= 0.6 is 11.3 Å². The molecule has 2 heterocycles. The van der Waals surface area contributed by atoms with Gasteiger partial charge in [0.1, 0.15) is 5.82 Å². The molecule has 0 saturated carbocycles. The molecular formula is C10H15N5S. The molecule has 6 heteroatoms. The van der Waals surface area contributed by atoms with Crippen molar-refractivity contribution in [3.8, 4) is 0 Å². The van der Waals surface area contributed by atoms with Crippen LogP contribution in [0, 0.1) is 6.92 Å². The molecule has 5 nitrogen and oxygen atoms in total. The maximum absolute atomic E-state index is 5.56. The van der Waals surface area contributed by atoms with Crippen molar-refractivity contribution in [3.63, 3.8) is 0 Å². The third-order valence-corrected chi connectivity index (χ3v) is 2.98. The van der Waals surface area contributed by atoms with Crippen molar-refractivity contribution in [2.24, 2.45) is 7.05 Å². The highest BCUT2D eigenvalue weighted by Gasteiger charge is 2.02. The van der Waals surface area contributed by atoms with E-state index in [4.69, 9.17) is 5.73 Å². The van der Waals surface area contributed by atoms with Crippen LogP contribution in [0.15, 0.2) is 11.4 Å². The summed E-state index contributed by atoms with van der Waals surface area (Å²) < 4.78 is 1.84. The van der Waals surface area contributed by atoms with Crippen LogP contribution in [0.5, 0.6) is 0 Å². The number of anilines is 2. The van der Waals surface area contributed by atoms with E-state index in [2.05, 4.69) is 15.4 Å². The van der Waals surface area contributed by atoms with Crippen molar-refractivity contribution in [2.45, 2.75) is 13.3 Å². The van der Waals surface area contributed by atoms with Gasteiger partial charge in [-0.2, -0.15) is 5.10 Å². The molecule has 16 heavy (non-hydrogen) atoms. The second kappa shape index (κ2) is 4.52. The Morgan fingerprint density at radius 3 is 2.94 bits per heavy atom. The highest BCUT2D eigenvalue weighted by Crippen LogP contribution is 2.12. The maximum Gasteiger partial charge on any atom is 0.180 e. The molecule has 0 unspecified atom stereocenters. The first-order chi connectivity index (χ1) is 7.65. The fraction of sp³-hybridized carbons (Fsp3) is 0.400. The smallest absolute Gasteiger partial charge is 0.180 e. The number of aryl methyl sites for hydroxylation is 2. The summed E-state index contributed by atoms with van der Waals surface area (Å²) in [6.07, 6.45) is 0.873. The molecule has 0 fully saturated rings. The van der Waals surface area contributed by atoms with Crippen LogP contribution in [0.3, 0.4) is 0 Å². The van der Waals surface area contributed by atoms with E-state index in [-0.39, 0.29) is 0 Å². The van der Waals surface area contributed by atoms with Crippen LogP contribution in [0.2, 0.25) is 0 Å². The lowest BCUT2D eigenvalue weighted by atomic mass is 10.3. The zero-order valence-corrected chi connectivity index (χ0v) is 10.2. The highest BCUT2D eigenvalue weighted by atomic mass is 32.1. The van der Waals surface area contributed by atoms with Crippen LogP contribution in [0.1, 0.15) is 11.4 Å². The minimum atomic E-state index is 0.631. The Morgan fingerprint density at radius 2 is 2.38 bits per heavy atom. The van der Waals surface area contributed by atoms with Crippen molar-refractivity contribution in [1.82, 2.24) is 14.8 Å². The minimum Gasteiger partial charge on any atom is -0.375 e. The second-order valence-electron chi connectivity index (χ2n) is 3.65. The van der Waals surface area contributed by atoms with Gasteiger partial charge in [-0.3, -0.25) is 4.68 Å². The number of nitrogen functional groups attached to an aromatic ring is 1. The molecule has 0 aliphatic rings.